The van der Waals surface area contributed by atoms with Gasteiger partial charge in [0.05, 0.1) is 28.4 Å². The summed E-state index contributed by atoms with van der Waals surface area (Å²) in [5.74, 6) is 2.11. The van der Waals surface area contributed by atoms with Gasteiger partial charge in [0.2, 0.25) is 5.75 Å². The number of nitrogens with one attached hydrogen (secondary N) is 1. The molecule has 0 aliphatic rings. The number of ether oxygens (including phenoxy) is 4. The fourth-order valence-corrected chi connectivity index (χ4v) is 2.87. The van der Waals surface area contributed by atoms with E-state index >= 15 is 0 Å². The van der Waals surface area contributed by atoms with E-state index in [9.17, 15) is 4.79 Å². The van der Waals surface area contributed by atoms with Crippen molar-refractivity contribution in [2.24, 2.45) is 0 Å². The van der Waals surface area contributed by atoms with Crippen LogP contribution in [0.2, 0.25) is 0 Å². The first-order valence-corrected chi connectivity index (χ1v) is 8.84. The Labute approximate surface area is 160 Å². The second-order valence-electron chi connectivity index (χ2n) is 5.94. The zero-order valence-electron chi connectivity index (χ0n) is 16.3. The summed E-state index contributed by atoms with van der Waals surface area (Å²) in [4.78, 5) is 12.4. The summed E-state index contributed by atoms with van der Waals surface area (Å²) in [6.45, 7) is 0.588. The summed E-state index contributed by atoms with van der Waals surface area (Å²) in [7, 11) is 6.26. The van der Waals surface area contributed by atoms with Crippen LogP contribution in [0.1, 0.15) is 28.8 Å². The second kappa shape index (κ2) is 10.3. The van der Waals surface area contributed by atoms with E-state index in [2.05, 4.69) is 11.4 Å². The van der Waals surface area contributed by atoms with Crippen molar-refractivity contribution in [1.29, 1.82) is 0 Å². The Kier molecular flexibility index (Phi) is 7.79. The summed E-state index contributed by atoms with van der Waals surface area (Å²) in [5, 5.41) is 2.93. The van der Waals surface area contributed by atoms with Gasteiger partial charge in [-0.05, 0) is 43.0 Å². The number of aryl methyl sites for hydroxylation is 1. The fraction of sp³-hybridized carbons (Fsp3) is 0.381. The Balaban J connectivity index is 1.88. The van der Waals surface area contributed by atoms with Gasteiger partial charge in [-0.1, -0.05) is 18.2 Å². The van der Waals surface area contributed by atoms with Crippen LogP contribution in [0.3, 0.4) is 0 Å². The minimum absolute atomic E-state index is 0.174. The van der Waals surface area contributed by atoms with Gasteiger partial charge in [0.1, 0.15) is 5.75 Å². The van der Waals surface area contributed by atoms with Gasteiger partial charge < -0.3 is 24.3 Å². The maximum atomic E-state index is 12.4. The minimum atomic E-state index is -0.174. The molecule has 0 radical (unpaired) electrons. The zero-order chi connectivity index (χ0) is 19.6. The van der Waals surface area contributed by atoms with E-state index in [0.717, 1.165) is 25.0 Å². The number of hydrogen-bond donors (Lipinski definition) is 1. The molecule has 1 amide bonds. The predicted molar refractivity (Wildman–Crippen MR) is 104 cm³/mol. The summed E-state index contributed by atoms with van der Waals surface area (Å²) in [6.07, 6.45) is 2.73. The molecule has 0 spiro atoms. The molecule has 0 saturated heterocycles. The van der Waals surface area contributed by atoms with Crippen LogP contribution in [0.5, 0.6) is 23.0 Å². The lowest BCUT2D eigenvalue weighted by molar-refractivity contribution is 0.0952. The lowest BCUT2D eigenvalue weighted by atomic mass is 10.1. The maximum Gasteiger partial charge on any atom is 0.251 e. The smallest absolute Gasteiger partial charge is 0.251 e. The molecule has 0 atom stereocenters. The summed E-state index contributed by atoms with van der Waals surface area (Å²) in [5.41, 5.74) is 1.64. The molecule has 6 nitrogen and oxygen atoms in total. The van der Waals surface area contributed by atoms with Crippen molar-refractivity contribution in [1.82, 2.24) is 5.32 Å². The standard InChI is InChI=1S/C21H27NO5/c1-24-17-11-6-5-9-15(17)10-7-8-12-22-21(23)16-13-18(25-2)20(27-4)19(14-16)26-3/h5-6,9,11,13-14H,7-8,10,12H2,1-4H3,(H,22,23). The monoisotopic (exact) mass is 373 g/mol. The number of rotatable bonds is 10. The molecule has 0 aliphatic heterocycles. The van der Waals surface area contributed by atoms with Crippen molar-refractivity contribution in [2.45, 2.75) is 19.3 Å². The van der Waals surface area contributed by atoms with Gasteiger partial charge >= 0.3 is 0 Å². The van der Waals surface area contributed by atoms with Gasteiger partial charge in [0.25, 0.3) is 5.91 Å². The molecular formula is C21H27NO5. The van der Waals surface area contributed by atoms with Gasteiger partial charge in [0, 0.05) is 12.1 Å². The van der Waals surface area contributed by atoms with Crippen molar-refractivity contribution < 1.29 is 23.7 Å². The van der Waals surface area contributed by atoms with E-state index in [1.807, 2.05) is 18.2 Å². The van der Waals surface area contributed by atoms with Crippen molar-refractivity contribution in [3.8, 4) is 23.0 Å². The molecule has 0 bridgehead atoms. The van der Waals surface area contributed by atoms with Crippen LogP contribution >= 0.6 is 0 Å². The highest BCUT2D eigenvalue weighted by Gasteiger charge is 2.16. The van der Waals surface area contributed by atoms with Crippen molar-refractivity contribution in [3.05, 3.63) is 47.5 Å². The van der Waals surface area contributed by atoms with Gasteiger partial charge in [0.15, 0.2) is 11.5 Å². The maximum absolute atomic E-state index is 12.4. The normalized spacial score (nSPS) is 10.2. The van der Waals surface area contributed by atoms with E-state index in [-0.39, 0.29) is 5.91 Å². The van der Waals surface area contributed by atoms with E-state index in [4.69, 9.17) is 18.9 Å². The molecule has 2 aromatic rings. The van der Waals surface area contributed by atoms with Crippen LogP contribution in [0.4, 0.5) is 0 Å². The van der Waals surface area contributed by atoms with Crippen LogP contribution in [0.25, 0.3) is 0 Å². The molecule has 2 rings (SSSR count). The number of hydrogen-bond acceptors (Lipinski definition) is 5. The molecule has 0 fully saturated rings. The largest absolute Gasteiger partial charge is 0.496 e. The number of carbonyl (C=O) groups is 1. The van der Waals surface area contributed by atoms with Crippen LogP contribution in [-0.2, 0) is 6.42 Å². The van der Waals surface area contributed by atoms with Gasteiger partial charge in [-0.3, -0.25) is 4.79 Å². The highest BCUT2D eigenvalue weighted by atomic mass is 16.5. The van der Waals surface area contributed by atoms with Gasteiger partial charge in [-0.25, -0.2) is 0 Å². The average Bonchev–Trinajstić information content (AvgIpc) is 2.72. The molecular weight excluding hydrogens is 346 g/mol. The summed E-state index contributed by atoms with van der Waals surface area (Å²) < 4.78 is 21.2. The molecule has 27 heavy (non-hydrogen) atoms. The SMILES string of the molecule is COc1ccccc1CCCCNC(=O)c1cc(OC)c(OC)c(OC)c1. The highest BCUT2D eigenvalue weighted by molar-refractivity contribution is 5.95. The first-order valence-electron chi connectivity index (χ1n) is 8.84. The van der Waals surface area contributed by atoms with Crippen molar-refractivity contribution >= 4 is 5.91 Å². The zero-order valence-corrected chi connectivity index (χ0v) is 16.3. The second-order valence-corrected chi connectivity index (χ2v) is 5.94. The van der Waals surface area contributed by atoms with E-state index < -0.39 is 0 Å². The highest BCUT2D eigenvalue weighted by Crippen LogP contribution is 2.38. The van der Waals surface area contributed by atoms with Crippen LogP contribution in [0, 0.1) is 0 Å². The number of benzene rings is 2. The fourth-order valence-electron chi connectivity index (χ4n) is 2.87. The Morgan fingerprint density at radius 1 is 0.852 bits per heavy atom. The van der Waals surface area contributed by atoms with Crippen molar-refractivity contribution in [3.63, 3.8) is 0 Å². The van der Waals surface area contributed by atoms with E-state index in [0.29, 0.717) is 29.4 Å². The molecule has 1 N–H and O–H groups in total. The number of unbranched alkanes of at least 4 members (excludes halogenated alkanes) is 1. The number of carbonyl (C=O) groups excluding carboxylic acids is 1. The Hall–Kier alpha value is -2.89. The number of amides is 1. The average molecular weight is 373 g/mol. The third kappa shape index (κ3) is 5.29. The first kappa shape index (κ1) is 20.4. The third-order valence-corrected chi connectivity index (χ3v) is 4.28. The number of para-hydroxylation sites is 1. The molecule has 0 aromatic heterocycles. The molecule has 146 valence electrons. The molecule has 0 aliphatic carbocycles. The third-order valence-electron chi connectivity index (χ3n) is 4.28. The molecule has 0 saturated carbocycles. The van der Waals surface area contributed by atoms with Crippen LogP contribution in [0.15, 0.2) is 36.4 Å². The van der Waals surface area contributed by atoms with E-state index in [1.54, 1.807) is 19.2 Å². The Morgan fingerprint density at radius 2 is 1.48 bits per heavy atom. The topological polar surface area (TPSA) is 66.0 Å². The lowest BCUT2D eigenvalue weighted by Gasteiger charge is -2.14. The molecule has 6 heteroatoms. The Morgan fingerprint density at radius 3 is 2.07 bits per heavy atom. The predicted octanol–water partition coefficient (Wildman–Crippen LogP) is 3.47. The molecule has 0 heterocycles. The number of methoxy groups -OCH3 is 4. The van der Waals surface area contributed by atoms with Gasteiger partial charge in [-0.15, -0.1) is 0 Å². The van der Waals surface area contributed by atoms with Gasteiger partial charge in [-0.2, -0.15) is 0 Å². The van der Waals surface area contributed by atoms with Crippen LogP contribution < -0.4 is 24.3 Å². The lowest BCUT2D eigenvalue weighted by Crippen LogP contribution is -2.24. The first-order chi connectivity index (χ1) is 13.1. The molecule has 0 unspecified atom stereocenters. The minimum Gasteiger partial charge on any atom is -0.496 e. The Bertz CT molecular complexity index is 735. The van der Waals surface area contributed by atoms with Crippen molar-refractivity contribution in [2.75, 3.05) is 35.0 Å². The quantitative estimate of drug-likeness (QED) is 0.646. The summed E-state index contributed by atoms with van der Waals surface area (Å²) in [6, 6.07) is 11.3. The van der Waals surface area contributed by atoms with Crippen LogP contribution in [-0.4, -0.2) is 40.9 Å². The van der Waals surface area contributed by atoms with E-state index in [1.165, 1.54) is 26.9 Å². The summed E-state index contributed by atoms with van der Waals surface area (Å²) >= 11 is 0. The molecule has 2 aromatic carbocycles.